The molecule has 328 valence electrons. The zero-order chi connectivity index (χ0) is 44.3. The molecule has 0 aliphatic carbocycles. The van der Waals surface area contributed by atoms with E-state index in [1.54, 1.807) is 36.4 Å². The van der Waals surface area contributed by atoms with Gasteiger partial charge < -0.3 is 36.4 Å². The highest BCUT2D eigenvalue weighted by molar-refractivity contribution is 6.74. The number of hydrogen-bond donors (Lipinski definition) is 6. The second-order valence-electron chi connectivity index (χ2n) is 18.6. The summed E-state index contributed by atoms with van der Waals surface area (Å²) in [4.78, 5) is 51.4. The maximum absolute atomic E-state index is 13.0. The number of carbonyl (C=O) groups excluding carboxylic acids is 4. The molecule has 0 saturated heterocycles. The number of carbonyl (C=O) groups is 4. The Labute approximate surface area is 362 Å². The molecule has 6 rings (SSSR count). The quantitative estimate of drug-likeness (QED) is 0.0604. The van der Waals surface area contributed by atoms with E-state index in [0.717, 1.165) is 11.1 Å². The topological polar surface area (TPSA) is 218 Å². The van der Waals surface area contributed by atoms with Gasteiger partial charge >= 0.3 is 0 Å². The fourth-order valence-electron chi connectivity index (χ4n) is 6.79. The zero-order valence-electron chi connectivity index (χ0n) is 37.1. The van der Waals surface area contributed by atoms with Crippen LogP contribution in [0.5, 0.6) is 0 Å². The van der Waals surface area contributed by atoms with E-state index in [9.17, 15) is 19.2 Å². The van der Waals surface area contributed by atoms with Crippen molar-refractivity contribution < 1.29 is 33.5 Å². The molecule has 0 bridgehead atoms. The molecule has 2 heterocycles. The summed E-state index contributed by atoms with van der Waals surface area (Å²) in [5, 5.41) is 12.2. The van der Waals surface area contributed by atoms with Crippen molar-refractivity contribution in [2.75, 3.05) is 23.8 Å². The first-order chi connectivity index (χ1) is 28.0. The van der Waals surface area contributed by atoms with Gasteiger partial charge in [0.25, 0.3) is 23.6 Å². The van der Waals surface area contributed by atoms with Crippen LogP contribution in [0.25, 0.3) is 0 Å². The molecule has 4 aromatic rings. The van der Waals surface area contributed by atoms with E-state index in [-0.39, 0.29) is 15.6 Å². The Hall–Kier alpha value is -5.01. The van der Waals surface area contributed by atoms with Gasteiger partial charge in [0.2, 0.25) is 11.1 Å². The van der Waals surface area contributed by atoms with Crippen molar-refractivity contribution in [3.63, 3.8) is 0 Å². The highest BCUT2D eigenvalue weighted by Gasteiger charge is 2.55. The molecule has 61 heavy (non-hydrogen) atoms. The summed E-state index contributed by atoms with van der Waals surface area (Å²) >= 11 is 0. The van der Waals surface area contributed by atoms with Crippen LogP contribution in [0.2, 0.25) is 36.3 Å². The van der Waals surface area contributed by atoms with Crippen molar-refractivity contribution in [1.82, 2.24) is 10.6 Å². The van der Waals surface area contributed by atoms with Gasteiger partial charge in [-0.3, -0.25) is 29.8 Å². The highest BCUT2D eigenvalue weighted by atomic mass is 28.4. The average molecular weight is 869 g/mol. The van der Waals surface area contributed by atoms with Crippen molar-refractivity contribution in [1.29, 1.82) is 0 Å². The lowest BCUT2D eigenvalue weighted by atomic mass is 9.88. The molecule has 0 spiro atoms. The predicted molar refractivity (Wildman–Crippen MR) is 246 cm³/mol. The molecule has 0 aromatic heterocycles. The molecule has 4 amide bonds. The number of fused-ring (bicyclic) bond motifs is 2. The normalized spacial score (nSPS) is 19.5. The molecule has 4 aromatic carbocycles. The van der Waals surface area contributed by atoms with Crippen LogP contribution in [0, 0.1) is 0 Å². The number of rotatable bonds is 14. The monoisotopic (exact) mass is 868 g/mol. The van der Waals surface area contributed by atoms with Gasteiger partial charge in [-0.2, -0.15) is 0 Å². The maximum atomic E-state index is 13.0. The fraction of sp³-hybridized carbons (Fsp3) is 0.391. The summed E-state index contributed by atoms with van der Waals surface area (Å²) in [6.45, 7) is 22.4. The first-order valence-corrected chi connectivity index (χ1v) is 26.1. The van der Waals surface area contributed by atoms with E-state index in [0.29, 0.717) is 35.7 Å². The molecule has 2 aliphatic heterocycles. The predicted octanol–water partition coefficient (Wildman–Crippen LogP) is 6.52. The third-order valence-corrected chi connectivity index (χ3v) is 21.6. The summed E-state index contributed by atoms with van der Waals surface area (Å²) in [7, 11) is -4.11. The number of primary amides is 2. The number of benzene rings is 4. The van der Waals surface area contributed by atoms with Crippen molar-refractivity contribution in [3.8, 4) is 0 Å². The molecule has 0 fully saturated rings. The molecular formula is C46H64N6O7Si2. The van der Waals surface area contributed by atoms with Gasteiger partial charge in [0, 0.05) is 22.5 Å². The second-order valence-corrected chi connectivity index (χ2v) is 28.2. The SMILES string of the molecule is CC(C)(C)[Si](C)(C)OC[C@H](N[C@]1(C(N)=O)C(=O)Nc2ccccc21)c1ccccc1.CC(C)(C)[Si](C)(C)OC[C@H](N[C@]1(C(N)=O)C(=O)Nc2ccccc21)c1ccccc1.O. The van der Waals surface area contributed by atoms with E-state index >= 15 is 0 Å². The number of nitrogens with one attached hydrogen (secondary N) is 4. The van der Waals surface area contributed by atoms with Gasteiger partial charge in [-0.25, -0.2) is 0 Å². The lowest BCUT2D eigenvalue weighted by molar-refractivity contribution is -0.136. The minimum Gasteiger partial charge on any atom is -0.415 e. The number of hydrogen-bond acceptors (Lipinski definition) is 8. The lowest BCUT2D eigenvalue weighted by Crippen LogP contribution is -2.59. The van der Waals surface area contributed by atoms with Gasteiger partial charge in [0.15, 0.2) is 16.6 Å². The van der Waals surface area contributed by atoms with Gasteiger partial charge in [0.1, 0.15) is 0 Å². The molecule has 13 nitrogen and oxygen atoms in total. The van der Waals surface area contributed by atoms with Crippen molar-refractivity contribution in [2.45, 2.75) is 101 Å². The largest absolute Gasteiger partial charge is 0.415 e. The lowest BCUT2D eigenvalue weighted by Gasteiger charge is -2.38. The minimum atomic E-state index is -2.05. The second kappa shape index (κ2) is 18.5. The summed E-state index contributed by atoms with van der Waals surface area (Å²) in [6, 6.07) is 32.8. The molecule has 2 aliphatic rings. The van der Waals surface area contributed by atoms with Crippen LogP contribution < -0.4 is 32.7 Å². The Kier molecular flexibility index (Phi) is 14.8. The Morgan fingerprint density at radius 3 is 1.16 bits per heavy atom. The third kappa shape index (κ3) is 9.89. The van der Waals surface area contributed by atoms with Crippen LogP contribution in [0.4, 0.5) is 11.4 Å². The van der Waals surface area contributed by atoms with E-state index in [4.69, 9.17) is 20.3 Å². The van der Waals surface area contributed by atoms with E-state index in [2.05, 4.69) is 89.0 Å². The molecule has 15 heteroatoms. The number of nitrogens with two attached hydrogens (primary N) is 2. The first kappa shape index (κ1) is 48.7. The van der Waals surface area contributed by atoms with Gasteiger partial charge in [-0.05, 0) is 59.5 Å². The maximum Gasteiger partial charge on any atom is 0.259 e. The summed E-state index contributed by atoms with van der Waals surface area (Å²) in [6.07, 6.45) is 0. The molecule has 4 atom stereocenters. The van der Waals surface area contributed by atoms with Crippen molar-refractivity contribution >= 4 is 51.6 Å². The van der Waals surface area contributed by atoms with Crippen molar-refractivity contribution in [2.24, 2.45) is 11.5 Å². The average Bonchev–Trinajstić information content (AvgIpc) is 3.64. The summed E-state index contributed by atoms with van der Waals surface area (Å²) in [5.74, 6) is -2.41. The van der Waals surface area contributed by atoms with Crippen LogP contribution >= 0.6 is 0 Å². The molecule has 0 unspecified atom stereocenters. The van der Waals surface area contributed by atoms with E-state index in [1.165, 1.54) is 0 Å². The standard InChI is InChI=1S/2C23H31N3O3Si.H2O/c2*1-22(2,3)30(4,5)29-15-19(16-11-7-6-8-12-16)26-23(20(24)27)17-13-9-10-14-18(17)25-21(23)28;/h2*6-14,19,26H,15H2,1-5H3,(H2,24,27)(H,25,28);1H2/t2*19-,23+;/m00./s1. The third-order valence-electron chi connectivity index (χ3n) is 12.6. The molecule has 0 saturated carbocycles. The summed E-state index contributed by atoms with van der Waals surface area (Å²) in [5.41, 5.74) is 12.4. The Balaban J connectivity index is 0.000000264. The van der Waals surface area contributed by atoms with Gasteiger partial charge in [-0.1, -0.05) is 139 Å². The number of amides is 4. The van der Waals surface area contributed by atoms with Crippen LogP contribution in [0.1, 0.15) is 75.9 Å². The smallest absolute Gasteiger partial charge is 0.259 e. The Morgan fingerprint density at radius 2 is 0.869 bits per heavy atom. The van der Waals surface area contributed by atoms with Crippen LogP contribution in [0.15, 0.2) is 109 Å². The zero-order valence-corrected chi connectivity index (χ0v) is 39.1. The first-order valence-electron chi connectivity index (χ1n) is 20.3. The molecule has 0 radical (unpaired) electrons. The van der Waals surface area contributed by atoms with Gasteiger partial charge in [-0.15, -0.1) is 0 Å². The van der Waals surface area contributed by atoms with Crippen LogP contribution in [-0.2, 0) is 39.1 Å². The number of anilines is 2. The summed E-state index contributed by atoms with van der Waals surface area (Å²) < 4.78 is 12.9. The number of para-hydroxylation sites is 2. The van der Waals surface area contributed by atoms with E-state index in [1.807, 2.05) is 72.8 Å². The fourth-order valence-corrected chi connectivity index (χ4v) is 8.82. The Morgan fingerprint density at radius 1 is 0.574 bits per heavy atom. The van der Waals surface area contributed by atoms with Crippen LogP contribution in [0.3, 0.4) is 0 Å². The van der Waals surface area contributed by atoms with Crippen LogP contribution in [-0.4, -0.2) is 59.0 Å². The van der Waals surface area contributed by atoms with Crippen molar-refractivity contribution in [3.05, 3.63) is 131 Å². The Bertz CT molecular complexity index is 2040. The molecule has 10 N–H and O–H groups in total. The highest BCUT2D eigenvalue weighted by Crippen LogP contribution is 2.42. The molecular weight excluding hydrogens is 805 g/mol. The minimum absolute atomic E-state index is 0. The van der Waals surface area contributed by atoms with Gasteiger partial charge in [0.05, 0.1) is 25.3 Å². The van der Waals surface area contributed by atoms with E-state index < -0.39 is 63.4 Å².